The minimum absolute atomic E-state index is 0.00581. The highest BCUT2D eigenvalue weighted by Crippen LogP contribution is 2.26. The van der Waals surface area contributed by atoms with E-state index in [0.717, 1.165) is 37.3 Å². The summed E-state index contributed by atoms with van der Waals surface area (Å²) < 4.78 is 1.66. The van der Waals surface area contributed by atoms with Gasteiger partial charge in [-0.1, -0.05) is 18.2 Å². The van der Waals surface area contributed by atoms with Gasteiger partial charge in [0.25, 0.3) is 5.91 Å². The molecule has 0 N–H and O–H groups in total. The lowest BCUT2D eigenvalue weighted by molar-refractivity contribution is 0.0702. The second-order valence-electron chi connectivity index (χ2n) is 7.32. The number of carbonyl (C=O) groups is 1. The summed E-state index contributed by atoms with van der Waals surface area (Å²) in [6.45, 7) is 3.93. The van der Waals surface area contributed by atoms with Gasteiger partial charge in [-0.15, -0.1) is 0 Å². The SMILES string of the molecule is Cc1cc(N2CCC(N(C)C(=O)c3ccn(C)n3)CC2)nc2ccccc12. The van der Waals surface area contributed by atoms with E-state index in [1.165, 1.54) is 10.9 Å². The smallest absolute Gasteiger partial charge is 0.274 e. The van der Waals surface area contributed by atoms with Crippen LogP contribution in [0.1, 0.15) is 28.9 Å². The maximum atomic E-state index is 12.6. The van der Waals surface area contributed by atoms with Gasteiger partial charge < -0.3 is 9.80 Å². The molecule has 0 unspecified atom stereocenters. The van der Waals surface area contributed by atoms with Crippen LogP contribution >= 0.6 is 0 Å². The lowest BCUT2D eigenvalue weighted by atomic mass is 10.0. The molecule has 0 atom stereocenters. The van der Waals surface area contributed by atoms with Crippen LogP contribution in [-0.2, 0) is 7.05 Å². The van der Waals surface area contributed by atoms with Crippen molar-refractivity contribution in [2.75, 3.05) is 25.0 Å². The molecule has 1 aliphatic heterocycles. The van der Waals surface area contributed by atoms with Crippen molar-refractivity contribution in [3.63, 3.8) is 0 Å². The van der Waals surface area contributed by atoms with Gasteiger partial charge >= 0.3 is 0 Å². The molecule has 1 aromatic carbocycles. The van der Waals surface area contributed by atoms with E-state index in [1.807, 2.05) is 25.1 Å². The molecule has 1 amide bonds. The summed E-state index contributed by atoms with van der Waals surface area (Å²) in [5.74, 6) is 1.03. The molecule has 3 aromatic rings. The molecule has 1 fully saturated rings. The van der Waals surface area contributed by atoms with Crippen molar-refractivity contribution in [3.8, 4) is 0 Å². The zero-order valence-electron chi connectivity index (χ0n) is 16.1. The summed E-state index contributed by atoms with van der Waals surface area (Å²) in [5, 5.41) is 5.44. The van der Waals surface area contributed by atoms with Gasteiger partial charge in [0.05, 0.1) is 5.52 Å². The van der Waals surface area contributed by atoms with Crippen LogP contribution in [0.3, 0.4) is 0 Å². The maximum absolute atomic E-state index is 12.6. The van der Waals surface area contributed by atoms with Gasteiger partial charge in [0.1, 0.15) is 11.5 Å². The average molecular weight is 363 g/mol. The molecular formula is C21H25N5O. The van der Waals surface area contributed by atoms with Gasteiger partial charge in [-0.25, -0.2) is 4.98 Å². The normalized spacial score (nSPS) is 15.3. The van der Waals surface area contributed by atoms with Gasteiger partial charge in [-0.05, 0) is 43.5 Å². The van der Waals surface area contributed by atoms with Crippen LogP contribution < -0.4 is 4.90 Å². The Morgan fingerprint density at radius 3 is 2.63 bits per heavy atom. The van der Waals surface area contributed by atoms with Crippen LogP contribution in [0, 0.1) is 6.92 Å². The molecule has 0 saturated carbocycles. The Balaban J connectivity index is 1.45. The van der Waals surface area contributed by atoms with Crippen molar-refractivity contribution < 1.29 is 4.79 Å². The van der Waals surface area contributed by atoms with Crippen LogP contribution in [0.15, 0.2) is 42.6 Å². The molecule has 3 heterocycles. The molecule has 1 aliphatic rings. The van der Waals surface area contributed by atoms with Gasteiger partial charge in [0, 0.05) is 44.8 Å². The van der Waals surface area contributed by atoms with E-state index in [0.29, 0.717) is 5.69 Å². The lowest BCUT2D eigenvalue weighted by Crippen LogP contribution is -2.46. The minimum atomic E-state index is -0.00581. The Morgan fingerprint density at radius 1 is 1.19 bits per heavy atom. The highest BCUT2D eigenvalue weighted by atomic mass is 16.2. The first-order valence-corrected chi connectivity index (χ1v) is 9.41. The molecule has 2 aromatic heterocycles. The van der Waals surface area contributed by atoms with Crippen molar-refractivity contribution in [3.05, 3.63) is 53.9 Å². The van der Waals surface area contributed by atoms with Crippen molar-refractivity contribution in [1.82, 2.24) is 19.7 Å². The third kappa shape index (κ3) is 3.39. The molecule has 6 nitrogen and oxygen atoms in total. The van der Waals surface area contributed by atoms with Gasteiger partial charge in [-0.2, -0.15) is 5.10 Å². The number of aromatic nitrogens is 3. The first-order chi connectivity index (χ1) is 13.0. The fourth-order valence-corrected chi connectivity index (χ4v) is 3.85. The Labute approximate surface area is 159 Å². The van der Waals surface area contributed by atoms with Crippen molar-refractivity contribution in [2.45, 2.75) is 25.8 Å². The number of carbonyl (C=O) groups excluding carboxylic acids is 1. The predicted molar refractivity (Wildman–Crippen MR) is 107 cm³/mol. The fraction of sp³-hybridized carbons (Fsp3) is 0.381. The second-order valence-corrected chi connectivity index (χ2v) is 7.32. The third-order valence-electron chi connectivity index (χ3n) is 5.50. The predicted octanol–water partition coefficient (Wildman–Crippen LogP) is 3.02. The summed E-state index contributed by atoms with van der Waals surface area (Å²) >= 11 is 0. The largest absolute Gasteiger partial charge is 0.356 e. The zero-order valence-corrected chi connectivity index (χ0v) is 16.1. The van der Waals surface area contributed by atoms with Gasteiger partial charge in [0.15, 0.2) is 0 Å². The monoisotopic (exact) mass is 363 g/mol. The summed E-state index contributed by atoms with van der Waals surface area (Å²) in [7, 11) is 3.71. The molecule has 0 spiro atoms. The molecular weight excluding hydrogens is 338 g/mol. The Morgan fingerprint density at radius 2 is 1.93 bits per heavy atom. The first kappa shape index (κ1) is 17.5. The second kappa shape index (κ2) is 7.02. The number of para-hydroxylation sites is 1. The van der Waals surface area contributed by atoms with E-state index in [4.69, 9.17) is 4.98 Å². The molecule has 0 radical (unpaired) electrons. The minimum Gasteiger partial charge on any atom is -0.356 e. The maximum Gasteiger partial charge on any atom is 0.274 e. The molecule has 4 rings (SSSR count). The van der Waals surface area contributed by atoms with Crippen LogP contribution in [0.2, 0.25) is 0 Å². The molecule has 6 heteroatoms. The van der Waals surface area contributed by atoms with E-state index in [-0.39, 0.29) is 11.9 Å². The van der Waals surface area contributed by atoms with E-state index in [9.17, 15) is 4.79 Å². The molecule has 0 bridgehead atoms. The van der Waals surface area contributed by atoms with Crippen molar-refractivity contribution in [2.24, 2.45) is 7.05 Å². The Bertz CT molecular complexity index is 972. The Kier molecular flexibility index (Phi) is 4.56. The number of anilines is 1. The number of hydrogen-bond acceptors (Lipinski definition) is 4. The van der Waals surface area contributed by atoms with Gasteiger partial charge in [-0.3, -0.25) is 9.48 Å². The first-order valence-electron chi connectivity index (χ1n) is 9.41. The number of amides is 1. The number of pyridine rings is 1. The average Bonchev–Trinajstić information content (AvgIpc) is 3.13. The van der Waals surface area contributed by atoms with Crippen LogP contribution in [0.5, 0.6) is 0 Å². The molecule has 0 aliphatic carbocycles. The topological polar surface area (TPSA) is 54.3 Å². The quantitative estimate of drug-likeness (QED) is 0.718. The third-order valence-corrected chi connectivity index (χ3v) is 5.50. The molecule has 140 valence electrons. The van der Waals surface area contributed by atoms with E-state index in [1.54, 1.807) is 16.9 Å². The molecule has 1 saturated heterocycles. The van der Waals surface area contributed by atoms with Crippen LogP contribution in [-0.4, -0.2) is 51.8 Å². The number of nitrogens with zero attached hydrogens (tertiary/aromatic N) is 5. The van der Waals surface area contributed by atoms with Crippen LogP contribution in [0.25, 0.3) is 10.9 Å². The molecule has 27 heavy (non-hydrogen) atoms. The van der Waals surface area contributed by atoms with Gasteiger partial charge in [0.2, 0.25) is 0 Å². The summed E-state index contributed by atoms with van der Waals surface area (Å²) in [6, 6.07) is 12.4. The van der Waals surface area contributed by atoms with E-state index >= 15 is 0 Å². The fourth-order valence-electron chi connectivity index (χ4n) is 3.85. The summed E-state index contributed by atoms with van der Waals surface area (Å²) in [4.78, 5) is 21.6. The standard InChI is InChI=1S/C21H25N5O/c1-15-14-20(22-18-7-5-4-6-17(15)18)26-12-8-16(9-13-26)25(3)21(27)19-10-11-24(2)23-19/h4-7,10-11,14,16H,8-9,12-13H2,1-3H3. The number of aryl methyl sites for hydroxylation is 2. The lowest BCUT2D eigenvalue weighted by Gasteiger charge is -2.37. The summed E-state index contributed by atoms with van der Waals surface area (Å²) in [5.41, 5.74) is 2.80. The highest BCUT2D eigenvalue weighted by molar-refractivity contribution is 5.92. The summed E-state index contributed by atoms with van der Waals surface area (Å²) in [6.07, 6.45) is 3.67. The number of benzene rings is 1. The van der Waals surface area contributed by atoms with Crippen LogP contribution in [0.4, 0.5) is 5.82 Å². The van der Waals surface area contributed by atoms with Crippen molar-refractivity contribution >= 4 is 22.6 Å². The number of fused-ring (bicyclic) bond motifs is 1. The number of rotatable bonds is 3. The number of hydrogen-bond donors (Lipinski definition) is 0. The van der Waals surface area contributed by atoms with Crippen molar-refractivity contribution in [1.29, 1.82) is 0 Å². The number of piperidine rings is 1. The van der Waals surface area contributed by atoms with E-state index < -0.39 is 0 Å². The van der Waals surface area contributed by atoms with E-state index in [2.05, 4.69) is 41.2 Å². The zero-order chi connectivity index (χ0) is 19.0. The highest BCUT2D eigenvalue weighted by Gasteiger charge is 2.27. The Hall–Kier alpha value is -2.89.